The Kier molecular flexibility index (Phi) is 2.32. The molecule has 4 nitrogen and oxygen atoms in total. The first-order valence-electron chi connectivity index (χ1n) is 5.92. The van der Waals surface area contributed by atoms with E-state index >= 15 is 0 Å². The number of nitrogens with zero attached hydrogens (tertiary/aromatic N) is 1. The Morgan fingerprint density at radius 1 is 1.44 bits per heavy atom. The van der Waals surface area contributed by atoms with Gasteiger partial charge >= 0.3 is 0 Å². The van der Waals surface area contributed by atoms with Gasteiger partial charge in [-0.05, 0) is 31.6 Å². The first-order valence-corrected chi connectivity index (χ1v) is 5.92. The molecule has 0 aromatic carbocycles. The van der Waals surface area contributed by atoms with Crippen molar-refractivity contribution in [2.24, 2.45) is 5.92 Å². The maximum absolute atomic E-state index is 11.6. The smallest absolute Gasteiger partial charge is 0.251 e. The molecule has 0 amide bonds. The number of hydrogen-bond acceptors (Lipinski definition) is 3. The average Bonchev–Trinajstić information content (AvgIpc) is 3.13. The van der Waals surface area contributed by atoms with Crippen molar-refractivity contribution in [3.05, 3.63) is 27.9 Å². The van der Waals surface area contributed by atoms with E-state index in [1.807, 2.05) is 0 Å². The monoisotopic (exact) mass is 220 g/mol. The molecule has 2 aliphatic carbocycles. The number of rotatable bonds is 4. The molecule has 2 saturated carbocycles. The van der Waals surface area contributed by atoms with E-state index in [4.69, 9.17) is 4.74 Å². The highest BCUT2D eigenvalue weighted by Gasteiger charge is 2.35. The van der Waals surface area contributed by atoms with E-state index < -0.39 is 0 Å². The van der Waals surface area contributed by atoms with Crippen molar-refractivity contribution in [3.63, 3.8) is 0 Å². The predicted octanol–water partition coefficient (Wildman–Crippen LogP) is 1.74. The fourth-order valence-corrected chi connectivity index (χ4v) is 2.15. The maximum Gasteiger partial charge on any atom is 0.251 e. The van der Waals surface area contributed by atoms with Crippen LogP contribution in [0.1, 0.15) is 49.2 Å². The van der Waals surface area contributed by atoms with Crippen LogP contribution in [0.3, 0.4) is 0 Å². The van der Waals surface area contributed by atoms with Crippen LogP contribution >= 0.6 is 0 Å². The molecule has 1 N–H and O–H groups in total. The summed E-state index contributed by atoms with van der Waals surface area (Å²) in [5.41, 5.74) is 0.899. The van der Waals surface area contributed by atoms with Crippen LogP contribution in [0, 0.1) is 5.92 Å². The Balaban J connectivity index is 1.94. The second-order valence-corrected chi connectivity index (χ2v) is 4.82. The minimum absolute atomic E-state index is 0.0219. The topological polar surface area (TPSA) is 55.0 Å². The van der Waals surface area contributed by atoms with Crippen molar-refractivity contribution in [3.8, 4) is 0 Å². The molecule has 3 rings (SSSR count). The van der Waals surface area contributed by atoms with Crippen LogP contribution in [0.4, 0.5) is 0 Å². The predicted molar refractivity (Wildman–Crippen MR) is 59.3 cm³/mol. The summed E-state index contributed by atoms with van der Waals surface area (Å²) in [6, 6.07) is 1.63. The van der Waals surface area contributed by atoms with Crippen LogP contribution in [0.5, 0.6) is 0 Å². The molecule has 2 fully saturated rings. The fraction of sp³-hybridized carbons (Fsp3) is 0.667. The number of aromatic amines is 1. The zero-order valence-electron chi connectivity index (χ0n) is 9.40. The summed E-state index contributed by atoms with van der Waals surface area (Å²) in [6.45, 7) is 0. The summed E-state index contributed by atoms with van der Waals surface area (Å²) in [4.78, 5) is 18.9. The molecular formula is C12H16N2O2. The zero-order chi connectivity index (χ0) is 11.1. The van der Waals surface area contributed by atoms with E-state index in [1.165, 1.54) is 12.8 Å². The number of aromatic nitrogens is 2. The van der Waals surface area contributed by atoms with Crippen LogP contribution < -0.4 is 5.56 Å². The second-order valence-electron chi connectivity index (χ2n) is 4.82. The Morgan fingerprint density at radius 2 is 2.19 bits per heavy atom. The Labute approximate surface area is 94.1 Å². The van der Waals surface area contributed by atoms with Gasteiger partial charge in [0.15, 0.2) is 0 Å². The van der Waals surface area contributed by atoms with E-state index in [1.54, 1.807) is 13.2 Å². The molecule has 1 aromatic rings. The van der Waals surface area contributed by atoms with Gasteiger partial charge in [0.2, 0.25) is 0 Å². The molecule has 0 radical (unpaired) electrons. The molecule has 2 aliphatic rings. The summed E-state index contributed by atoms with van der Waals surface area (Å²) in [7, 11) is 1.69. The highest BCUT2D eigenvalue weighted by atomic mass is 16.5. The lowest BCUT2D eigenvalue weighted by molar-refractivity contribution is 0.0768. The van der Waals surface area contributed by atoms with Gasteiger partial charge in [-0.3, -0.25) is 4.79 Å². The summed E-state index contributed by atoms with van der Waals surface area (Å²) < 4.78 is 5.44. The number of ether oxygens (including phenoxy) is 1. The molecule has 16 heavy (non-hydrogen) atoms. The summed E-state index contributed by atoms with van der Waals surface area (Å²) in [6.07, 6.45) is 4.66. The van der Waals surface area contributed by atoms with Crippen molar-refractivity contribution in [1.29, 1.82) is 0 Å². The molecule has 0 saturated heterocycles. The normalized spacial score (nSPS) is 22.1. The number of nitrogens with one attached hydrogen (secondary N) is 1. The average molecular weight is 220 g/mol. The molecule has 86 valence electrons. The van der Waals surface area contributed by atoms with Gasteiger partial charge in [0, 0.05) is 19.1 Å². The van der Waals surface area contributed by atoms with Crippen molar-refractivity contribution in [2.45, 2.75) is 37.7 Å². The van der Waals surface area contributed by atoms with Crippen molar-refractivity contribution in [1.82, 2.24) is 9.97 Å². The summed E-state index contributed by atoms with van der Waals surface area (Å²) >= 11 is 0. The third-order valence-corrected chi connectivity index (χ3v) is 3.35. The van der Waals surface area contributed by atoms with Gasteiger partial charge in [0.05, 0.1) is 5.69 Å². The first-order chi connectivity index (χ1) is 7.78. The molecule has 4 heteroatoms. The van der Waals surface area contributed by atoms with Crippen molar-refractivity contribution >= 4 is 0 Å². The highest BCUT2D eigenvalue weighted by molar-refractivity contribution is 5.15. The fourth-order valence-electron chi connectivity index (χ4n) is 2.15. The number of methoxy groups -OCH3 is 1. The first kappa shape index (κ1) is 10.0. The van der Waals surface area contributed by atoms with Crippen LogP contribution in [-0.2, 0) is 4.74 Å². The SMILES string of the molecule is COC(c1nc(C2CC2)cc(=O)[nH]1)C1CC1. The Bertz CT molecular complexity index is 447. The van der Waals surface area contributed by atoms with Gasteiger partial charge in [-0.1, -0.05) is 0 Å². The number of hydrogen-bond donors (Lipinski definition) is 1. The van der Waals surface area contributed by atoms with Gasteiger partial charge in [-0.2, -0.15) is 0 Å². The van der Waals surface area contributed by atoms with Crippen LogP contribution in [0.25, 0.3) is 0 Å². The van der Waals surface area contributed by atoms with Crippen LogP contribution in [-0.4, -0.2) is 17.1 Å². The standard InChI is InChI=1S/C12H16N2O2/c1-16-11(8-4-5-8)12-13-9(7-2-3-7)6-10(15)14-12/h6-8,11H,2-5H2,1H3,(H,13,14,15). The van der Waals surface area contributed by atoms with Gasteiger partial charge < -0.3 is 9.72 Å². The van der Waals surface area contributed by atoms with E-state index in [0.29, 0.717) is 11.8 Å². The lowest BCUT2D eigenvalue weighted by Crippen LogP contribution is -2.17. The van der Waals surface area contributed by atoms with Crippen LogP contribution in [0.15, 0.2) is 10.9 Å². The lowest BCUT2D eigenvalue weighted by atomic mass is 10.2. The van der Waals surface area contributed by atoms with E-state index in [9.17, 15) is 4.79 Å². The Hall–Kier alpha value is -1.16. The van der Waals surface area contributed by atoms with E-state index in [2.05, 4.69) is 9.97 Å². The van der Waals surface area contributed by atoms with Crippen molar-refractivity contribution in [2.75, 3.05) is 7.11 Å². The molecule has 1 aromatic heterocycles. The quantitative estimate of drug-likeness (QED) is 0.841. The third-order valence-electron chi connectivity index (χ3n) is 3.35. The van der Waals surface area contributed by atoms with Gasteiger partial charge in [0.1, 0.15) is 11.9 Å². The number of H-pyrrole nitrogens is 1. The molecule has 1 atom stereocenters. The lowest BCUT2D eigenvalue weighted by Gasteiger charge is -2.13. The summed E-state index contributed by atoms with van der Waals surface area (Å²) in [5, 5.41) is 0. The molecule has 1 unspecified atom stereocenters. The minimum atomic E-state index is -0.0467. The van der Waals surface area contributed by atoms with Gasteiger partial charge in [-0.25, -0.2) is 4.98 Å². The van der Waals surface area contributed by atoms with E-state index in [-0.39, 0.29) is 11.7 Å². The summed E-state index contributed by atoms with van der Waals surface area (Å²) in [5.74, 6) is 1.78. The minimum Gasteiger partial charge on any atom is -0.373 e. The Morgan fingerprint density at radius 3 is 2.75 bits per heavy atom. The van der Waals surface area contributed by atoms with E-state index in [0.717, 1.165) is 24.4 Å². The largest absolute Gasteiger partial charge is 0.373 e. The maximum atomic E-state index is 11.6. The van der Waals surface area contributed by atoms with Gasteiger partial charge in [0.25, 0.3) is 5.56 Å². The molecular weight excluding hydrogens is 204 g/mol. The van der Waals surface area contributed by atoms with Crippen LogP contribution in [0.2, 0.25) is 0 Å². The van der Waals surface area contributed by atoms with Crippen molar-refractivity contribution < 1.29 is 4.74 Å². The second kappa shape index (κ2) is 3.70. The molecule has 0 bridgehead atoms. The highest BCUT2D eigenvalue weighted by Crippen LogP contribution is 2.43. The molecule has 0 aliphatic heterocycles. The van der Waals surface area contributed by atoms with Gasteiger partial charge in [-0.15, -0.1) is 0 Å². The molecule has 0 spiro atoms. The zero-order valence-corrected chi connectivity index (χ0v) is 9.40. The molecule has 1 heterocycles. The third kappa shape index (κ3) is 1.89.